The Morgan fingerprint density at radius 2 is 0.646 bits per heavy atom. The topological polar surface area (TPSA) is 114 Å². The van der Waals surface area contributed by atoms with Crippen molar-refractivity contribution in [2.24, 2.45) is 104 Å². The van der Waals surface area contributed by atoms with E-state index < -0.39 is 0 Å². The Balaban J connectivity index is 0.0000000984. The van der Waals surface area contributed by atoms with Crippen LogP contribution in [0.5, 0.6) is 0 Å². The number of nitrogens with zero attached hydrogens (tertiary/aromatic N) is 6. The molecule has 5 aromatic carbocycles. The van der Waals surface area contributed by atoms with E-state index in [4.69, 9.17) is 4.74 Å². The number of amides is 1. The van der Waals surface area contributed by atoms with E-state index in [1.54, 1.807) is 0 Å². The molecular weight excluding hydrogens is 1600 g/mol. The van der Waals surface area contributed by atoms with Gasteiger partial charge in [0.1, 0.15) is 23.1 Å². The number of carbonyl (C=O) groups excluding carboxylic acids is 5. The third-order valence-electron chi connectivity index (χ3n) is 40.8. The number of likely N-dealkylation sites (tertiary alicyclic amines) is 4. The summed E-state index contributed by atoms with van der Waals surface area (Å²) in [6, 6.07) is 56.3. The first kappa shape index (κ1) is 90.5. The van der Waals surface area contributed by atoms with Gasteiger partial charge in [0.05, 0.1) is 18.6 Å². The van der Waals surface area contributed by atoms with Crippen LogP contribution in [0.25, 0.3) is 0 Å². The highest BCUT2D eigenvalue weighted by atomic mass is 16.5. The molecule has 12 heteroatoms. The minimum Gasteiger partial charge on any atom is -0.379 e. The molecule has 20 bridgehead atoms. The van der Waals surface area contributed by atoms with Crippen molar-refractivity contribution in [1.82, 2.24) is 29.4 Å². The second-order valence-corrected chi connectivity index (χ2v) is 50.9. The average Bonchev–Trinajstić information content (AvgIpc) is 0.728. The highest BCUT2D eigenvalue weighted by Crippen LogP contribution is 2.74. The Kier molecular flexibility index (Phi) is 25.0. The molecule has 12 unspecified atom stereocenters. The minimum atomic E-state index is -0.0853. The summed E-state index contributed by atoms with van der Waals surface area (Å²) in [5.41, 5.74) is 9.23. The highest BCUT2D eigenvalue weighted by molar-refractivity contribution is 5.88. The van der Waals surface area contributed by atoms with Crippen LogP contribution < -0.4 is 0 Å². The van der Waals surface area contributed by atoms with Gasteiger partial charge in [-0.3, -0.25) is 28.9 Å². The molecule has 5 aromatic rings. The van der Waals surface area contributed by atoms with Gasteiger partial charge in [-0.25, -0.2) is 0 Å². The maximum absolute atomic E-state index is 13.9. The second-order valence-electron chi connectivity index (χ2n) is 50.9. The Morgan fingerprint density at radius 1 is 0.323 bits per heavy atom. The van der Waals surface area contributed by atoms with E-state index in [2.05, 4.69) is 223 Å². The van der Waals surface area contributed by atoms with Gasteiger partial charge in [0.25, 0.3) is 0 Å². The van der Waals surface area contributed by atoms with Gasteiger partial charge in [-0.2, -0.15) is 0 Å². The van der Waals surface area contributed by atoms with Crippen molar-refractivity contribution >= 4 is 29.0 Å². The number of benzene rings is 5. The van der Waals surface area contributed by atoms with Crippen LogP contribution in [0.1, 0.15) is 292 Å². The lowest BCUT2D eigenvalue weighted by molar-refractivity contribution is -0.162. The lowest BCUT2D eigenvalue weighted by atomic mass is 9.38. The van der Waals surface area contributed by atoms with Gasteiger partial charge in [-0.1, -0.05) is 159 Å². The summed E-state index contributed by atoms with van der Waals surface area (Å²) in [7, 11) is 10.9. The molecule has 5 heterocycles. The van der Waals surface area contributed by atoms with Gasteiger partial charge in [0, 0.05) is 93.2 Å². The van der Waals surface area contributed by atoms with Crippen LogP contribution >= 0.6 is 0 Å². The van der Waals surface area contributed by atoms with E-state index in [1.165, 1.54) is 202 Å². The first-order chi connectivity index (χ1) is 62.7. The lowest BCUT2D eigenvalue weighted by Gasteiger charge is -2.65. The number of ketones is 4. The van der Waals surface area contributed by atoms with Gasteiger partial charge in [-0.05, 0) is 430 Å². The summed E-state index contributed by atoms with van der Waals surface area (Å²) in [6.45, 7) is 16.4. The molecule has 0 spiro atoms. The molecule has 12 nitrogen and oxygen atoms in total. The normalized spacial score (nSPS) is 40.6. The van der Waals surface area contributed by atoms with Crippen molar-refractivity contribution in [1.29, 1.82) is 0 Å². The number of piperidine rings is 2. The Hall–Kier alpha value is -5.99. The quantitative estimate of drug-likeness (QED) is 0.0700. The number of carbonyl (C=O) groups is 5. The summed E-state index contributed by atoms with van der Waals surface area (Å²) in [4.78, 5) is 82.1. The summed E-state index contributed by atoms with van der Waals surface area (Å²) >= 11 is 0. The molecular formula is C118H162N6O6. The number of Topliss-reactive ketones (excluding diaryl/α,β-unsaturated/α-hetero) is 4. The molecule has 700 valence electrons. The zero-order chi connectivity index (χ0) is 89.1. The fourth-order valence-electron chi connectivity index (χ4n) is 37.5. The van der Waals surface area contributed by atoms with Crippen molar-refractivity contribution in [3.8, 4) is 0 Å². The molecule has 13 atom stereocenters. The van der Waals surface area contributed by atoms with Gasteiger partial charge in [-0.15, -0.1) is 0 Å². The monoisotopic (exact) mass is 1760 g/mol. The number of hydrogen-bond acceptors (Lipinski definition) is 11. The van der Waals surface area contributed by atoms with Gasteiger partial charge in [0.15, 0.2) is 0 Å². The molecule has 130 heavy (non-hydrogen) atoms. The average molecular weight is 1760 g/mol. The van der Waals surface area contributed by atoms with Crippen LogP contribution in [-0.4, -0.2) is 185 Å². The molecule has 0 aromatic heterocycles. The van der Waals surface area contributed by atoms with Crippen molar-refractivity contribution in [3.63, 3.8) is 0 Å². The van der Waals surface area contributed by atoms with Crippen molar-refractivity contribution in [2.45, 2.75) is 297 Å². The molecule has 1 amide bonds. The summed E-state index contributed by atoms with van der Waals surface area (Å²) < 4.78 is 5.45. The molecule has 0 radical (unpaired) electrons. The Labute approximate surface area is 782 Å². The zero-order valence-electron chi connectivity index (χ0n) is 81.0. The first-order valence-corrected chi connectivity index (χ1v) is 53.4. The van der Waals surface area contributed by atoms with Crippen LogP contribution in [0.2, 0.25) is 0 Å². The maximum atomic E-state index is 13.9. The van der Waals surface area contributed by atoms with Crippen LogP contribution in [0, 0.1) is 104 Å². The Bertz CT molecular complexity index is 4760. The molecule has 20 aliphatic carbocycles. The van der Waals surface area contributed by atoms with Crippen LogP contribution in [0.4, 0.5) is 0 Å². The van der Waals surface area contributed by atoms with Crippen LogP contribution in [0.15, 0.2) is 152 Å². The molecule has 25 fully saturated rings. The molecule has 5 aliphatic heterocycles. The van der Waals surface area contributed by atoms with Crippen molar-refractivity contribution in [3.05, 3.63) is 179 Å². The highest BCUT2D eigenvalue weighted by Gasteiger charge is 2.68. The largest absolute Gasteiger partial charge is 0.379 e. The van der Waals surface area contributed by atoms with E-state index in [0.717, 1.165) is 222 Å². The van der Waals surface area contributed by atoms with Crippen molar-refractivity contribution < 1.29 is 28.7 Å². The van der Waals surface area contributed by atoms with Crippen molar-refractivity contribution in [2.75, 3.05) is 120 Å². The van der Waals surface area contributed by atoms with E-state index in [-0.39, 0.29) is 37.9 Å². The zero-order valence-corrected chi connectivity index (χ0v) is 81.0. The summed E-state index contributed by atoms with van der Waals surface area (Å²) in [5.74, 6) is 11.8. The van der Waals surface area contributed by atoms with E-state index in [1.807, 2.05) is 0 Å². The van der Waals surface area contributed by atoms with Gasteiger partial charge in [0.2, 0.25) is 5.91 Å². The molecule has 0 N–H and O–H groups in total. The SMILES string of the molecule is CC12CC3CC(C(=O)CCCN4CCOCC4)(C1)CC(c1ccccc1)(C3)C2.CN1CC(CC(=O)C23CC4CC(C2)CC(c2ccccc2)(C4)C3)C1.CN1CCC(CC(=O)C23CC4CC(C2)CC(c2ccccc2)(C4)C3)CC1.CN1CCC(N(C)C(=O)C23CC4CC(C2)CC(c2ccccc2)(C4)C3)CC1.CN1CC[C@@H](CC(=O)C23CC4CC(C2)CC(c2ccccc2)(C4)C3)C1. The standard InChI is InChI=1S/C25H35NO2.C24H34N2O.C24H33NO.C23H31NO.C22H29NO/c1-23-14-20-15-24(17-23,21-6-3-2-4-7-21)19-25(16-20,18-23)22(27)8-5-9-26-10-12-28-13-11-26;1-25-10-8-21(9-11-25)26(2)22(27)24-15-18-12-19(16-24)14-23(13-18,17-24)20-6-4-3-5-7-20;1-25-9-7-18(8-10-25)12-22(26)24-15-19-11-20(16-24)14-23(13-19,17-24)21-5-3-2-4-6-21;1-24-8-7-17(15-24)10-21(25)23-13-18-9-19(14-23)12-22(11-18,16-23)20-5-3-2-4-6-20;1-23-13-18(14-23)8-20(24)22-11-16-7-17(12-22)10-21(9-16,15-22)19-5-3-2-4-6-19/h2-4,6-7,20H,5,8-19H2,1H3;3-7,18-19,21H,8-17H2,1-2H3;2-6,18-20H,7-17H2,1H3;2-6,17-19H,7-16H2,1H3;2-6,16-18H,7-15H2,1H3/t;;;17-,18?,19?,22?,23?;/m...0./s1. The van der Waals surface area contributed by atoms with Crippen LogP contribution in [0.3, 0.4) is 0 Å². The van der Waals surface area contributed by atoms with E-state index in [9.17, 15) is 24.0 Å². The second kappa shape index (κ2) is 35.8. The Morgan fingerprint density at radius 3 is 1.03 bits per heavy atom. The third kappa shape index (κ3) is 17.7. The number of rotatable bonds is 21. The fraction of sp³-hybridized carbons (Fsp3) is 0.703. The molecule has 5 saturated heterocycles. The number of hydrogen-bond donors (Lipinski definition) is 0. The summed E-state index contributed by atoms with van der Waals surface area (Å²) in [6.07, 6.45) is 47.6. The fourth-order valence-corrected chi connectivity index (χ4v) is 37.5. The molecule has 30 rings (SSSR count). The van der Waals surface area contributed by atoms with Gasteiger partial charge >= 0.3 is 0 Å². The number of morpholine rings is 1. The van der Waals surface area contributed by atoms with E-state index >= 15 is 0 Å². The number of ether oxygens (including phenoxy) is 1. The van der Waals surface area contributed by atoms with E-state index in [0.29, 0.717) is 74.5 Å². The maximum Gasteiger partial charge on any atom is 0.228 e. The molecule has 25 aliphatic rings. The smallest absolute Gasteiger partial charge is 0.228 e. The predicted octanol–water partition coefficient (Wildman–Crippen LogP) is 22.0. The predicted molar refractivity (Wildman–Crippen MR) is 521 cm³/mol. The van der Waals surface area contributed by atoms with Crippen LogP contribution in [-0.2, 0) is 55.8 Å². The first-order valence-electron chi connectivity index (χ1n) is 53.4. The summed E-state index contributed by atoms with van der Waals surface area (Å²) in [5, 5.41) is 0. The lowest BCUT2D eigenvalue weighted by Crippen LogP contribution is -2.60. The molecule has 20 saturated carbocycles. The third-order valence-corrected chi connectivity index (χ3v) is 40.8. The van der Waals surface area contributed by atoms with Gasteiger partial charge < -0.3 is 29.2 Å². The minimum absolute atomic E-state index is 0.0150.